The first-order valence-electron chi connectivity index (χ1n) is 5.01. The average molecular weight is 247 g/mol. The van der Waals surface area contributed by atoms with Crippen LogP contribution in [0.2, 0.25) is 0 Å². The van der Waals surface area contributed by atoms with Crippen molar-refractivity contribution in [2.75, 3.05) is 0 Å². The molecule has 18 heavy (non-hydrogen) atoms. The fourth-order valence-electron chi connectivity index (χ4n) is 1.39. The van der Waals surface area contributed by atoms with Gasteiger partial charge in [-0.05, 0) is 24.3 Å². The number of aromatic amines is 1. The zero-order valence-electron chi connectivity index (χ0n) is 9.40. The van der Waals surface area contributed by atoms with Crippen LogP contribution in [0.15, 0.2) is 45.6 Å². The van der Waals surface area contributed by atoms with Gasteiger partial charge in [0.2, 0.25) is 0 Å². The van der Waals surface area contributed by atoms with E-state index < -0.39 is 4.92 Å². The lowest BCUT2D eigenvalue weighted by Crippen LogP contribution is -2.09. The van der Waals surface area contributed by atoms with Crippen LogP contribution in [0, 0.1) is 17.0 Å². The lowest BCUT2D eigenvalue weighted by atomic mass is 10.2. The van der Waals surface area contributed by atoms with Crippen LogP contribution in [0.4, 0.5) is 11.4 Å². The molecule has 0 aliphatic heterocycles. The maximum Gasteiger partial charge on any atom is 0.289 e. The fraction of sp³-hybridized carbons (Fsp3) is 0.100. The van der Waals surface area contributed by atoms with Gasteiger partial charge in [0.1, 0.15) is 0 Å². The number of hydrogen-bond acceptors (Lipinski definition) is 5. The highest BCUT2D eigenvalue weighted by molar-refractivity contribution is 5.49. The number of H-pyrrole nitrogens is 1. The van der Waals surface area contributed by atoms with Crippen LogP contribution in [0.25, 0.3) is 0 Å². The summed E-state index contributed by atoms with van der Waals surface area (Å²) in [6, 6.07) is 5.64. The van der Waals surface area contributed by atoms with E-state index in [1.165, 1.54) is 30.5 Å². The van der Waals surface area contributed by atoms with Crippen molar-refractivity contribution in [2.24, 2.45) is 10.3 Å². The second-order valence-electron chi connectivity index (χ2n) is 3.53. The van der Waals surface area contributed by atoms with Crippen molar-refractivity contribution in [1.82, 2.24) is 9.89 Å². The van der Waals surface area contributed by atoms with E-state index in [-0.39, 0.29) is 11.2 Å². The minimum absolute atomic E-state index is 0.0194. The van der Waals surface area contributed by atoms with Gasteiger partial charge in [0.25, 0.3) is 11.2 Å². The molecule has 0 amide bonds. The number of hydrogen-bond donors (Lipinski definition) is 1. The number of nitrogens with one attached hydrogen (secondary N) is 1. The summed E-state index contributed by atoms with van der Waals surface area (Å²) < 4.78 is 0. The molecule has 1 aromatic heterocycles. The summed E-state index contributed by atoms with van der Waals surface area (Å²) in [5.41, 5.74) is 0.596. The molecular formula is C10H9N5O3. The largest absolute Gasteiger partial charge is 0.289 e. The molecule has 0 atom stereocenters. The molecule has 2 aromatic rings. The molecule has 0 saturated carbocycles. The van der Waals surface area contributed by atoms with Gasteiger partial charge in [0, 0.05) is 23.9 Å². The van der Waals surface area contributed by atoms with Gasteiger partial charge in [0.05, 0.1) is 10.6 Å². The van der Waals surface area contributed by atoms with E-state index in [0.29, 0.717) is 11.3 Å². The number of benzene rings is 1. The molecular weight excluding hydrogens is 238 g/mol. The lowest BCUT2D eigenvalue weighted by molar-refractivity contribution is -0.385. The van der Waals surface area contributed by atoms with Crippen LogP contribution in [0.5, 0.6) is 0 Å². The van der Waals surface area contributed by atoms with Crippen LogP contribution < -0.4 is 5.56 Å². The zero-order chi connectivity index (χ0) is 13.1. The van der Waals surface area contributed by atoms with E-state index in [1.807, 2.05) is 0 Å². The fourth-order valence-corrected chi connectivity index (χ4v) is 1.39. The maximum absolute atomic E-state index is 11.1. The summed E-state index contributed by atoms with van der Waals surface area (Å²) in [6.45, 7) is 1.61. The summed E-state index contributed by atoms with van der Waals surface area (Å²) in [5, 5.41) is 20.6. The van der Waals surface area contributed by atoms with Crippen LogP contribution in [0.1, 0.15) is 5.56 Å². The molecule has 92 valence electrons. The maximum atomic E-state index is 11.1. The van der Waals surface area contributed by atoms with E-state index in [4.69, 9.17) is 0 Å². The van der Waals surface area contributed by atoms with Crippen molar-refractivity contribution >= 4 is 11.4 Å². The Bertz CT molecular complexity index is 670. The highest BCUT2D eigenvalue weighted by Gasteiger charge is 2.09. The third kappa shape index (κ3) is 2.32. The SMILES string of the molecule is Cc1cc(N=Nn2[nH]ccc2=O)ccc1[N+](=O)[O-]. The Morgan fingerprint density at radius 1 is 1.39 bits per heavy atom. The lowest BCUT2D eigenvalue weighted by Gasteiger charge is -1.97. The predicted octanol–water partition coefficient (Wildman–Crippen LogP) is 1.94. The zero-order valence-corrected chi connectivity index (χ0v) is 9.40. The van der Waals surface area contributed by atoms with Crippen molar-refractivity contribution in [2.45, 2.75) is 6.92 Å². The standard InChI is InChI=1S/C10H9N5O3/c1-7-6-8(2-3-9(7)15(17)18)12-13-14-10(16)4-5-11-14/h2-6,11H,1H3. The predicted molar refractivity (Wildman–Crippen MR) is 62.8 cm³/mol. The molecule has 0 spiro atoms. The minimum atomic E-state index is -0.467. The Morgan fingerprint density at radius 3 is 2.72 bits per heavy atom. The van der Waals surface area contributed by atoms with Crippen molar-refractivity contribution in [3.05, 3.63) is 56.5 Å². The summed E-state index contributed by atoms with van der Waals surface area (Å²) in [7, 11) is 0. The van der Waals surface area contributed by atoms with E-state index in [0.717, 1.165) is 4.79 Å². The average Bonchev–Trinajstić information content (AvgIpc) is 2.72. The Balaban J connectivity index is 2.28. The Kier molecular flexibility index (Phi) is 3.00. The molecule has 0 radical (unpaired) electrons. The van der Waals surface area contributed by atoms with Crippen molar-refractivity contribution < 1.29 is 4.92 Å². The van der Waals surface area contributed by atoms with E-state index >= 15 is 0 Å². The first-order valence-corrected chi connectivity index (χ1v) is 5.01. The van der Waals surface area contributed by atoms with Gasteiger partial charge in [-0.1, -0.05) is 0 Å². The summed E-state index contributed by atoms with van der Waals surface area (Å²) in [5.74, 6) is 0. The van der Waals surface area contributed by atoms with E-state index in [1.54, 1.807) is 6.92 Å². The van der Waals surface area contributed by atoms with Gasteiger partial charge >= 0.3 is 0 Å². The van der Waals surface area contributed by atoms with Crippen LogP contribution in [0.3, 0.4) is 0 Å². The topological polar surface area (TPSA) is 106 Å². The molecule has 8 nitrogen and oxygen atoms in total. The molecule has 8 heteroatoms. The molecule has 1 N–H and O–H groups in total. The first kappa shape index (κ1) is 11.7. The number of aryl methyl sites for hydroxylation is 1. The quantitative estimate of drug-likeness (QED) is 0.508. The third-order valence-electron chi connectivity index (χ3n) is 2.26. The first-order chi connectivity index (χ1) is 8.58. The van der Waals surface area contributed by atoms with Gasteiger partial charge in [-0.2, -0.15) is 0 Å². The van der Waals surface area contributed by atoms with Crippen LogP contribution in [-0.2, 0) is 0 Å². The van der Waals surface area contributed by atoms with E-state index in [2.05, 4.69) is 15.4 Å². The molecule has 0 unspecified atom stereocenters. The molecule has 0 aliphatic rings. The minimum Gasteiger partial charge on any atom is -0.281 e. The monoisotopic (exact) mass is 247 g/mol. The Hall–Kier alpha value is -2.77. The molecule has 1 heterocycles. The number of nitro groups is 1. The third-order valence-corrected chi connectivity index (χ3v) is 2.26. The van der Waals surface area contributed by atoms with Gasteiger partial charge in [-0.3, -0.25) is 20.0 Å². The molecule has 2 rings (SSSR count). The molecule has 0 aliphatic carbocycles. The van der Waals surface area contributed by atoms with Gasteiger partial charge in [-0.25, -0.2) is 0 Å². The number of nitrogens with zero attached hydrogens (tertiary/aromatic N) is 4. The molecule has 0 bridgehead atoms. The van der Waals surface area contributed by atoms with Crippen LogP contribution in [-0.4, -0.2) is 14.8 Å². The van der Waals surface area contributed by atoms with Crippen molar-refractivity contribution in [3.8, 4) is 0 Å². The highest BCUT2D eigenvalue weighted by Crippen LogP contribution is 2.23. The number of aromatic nitrogens is 2. The van der Waals surface area contributed by atoms with E-state index in [9.17, 15) is 14.9 Å². The summed E-state index contributed by atoms with van der Waals surface area (Å²) in [6.07, 6.45) is 1.43. The Labute approximate surface area is 101 Å². The van der Waals surface area contributed by atoms with Gasteiger partial charge < -0.3 is 0 Å². The normalized spacial score (nSPS) is 10.9. The molecule has 0 fully saturated rings. The molecule has 0 saturated heterocycles. The molecule has 1 aromatic carbocycles. The smallest absolute Gasteiger partial charge is 0.281 e. The number of nitro benzene ring substituents is 1. The van der Waals surface area contributed by atoms with Gasteiger partial charge in [0.15, 0.2) is 0 Å². The highest BCUT2D eigenvalue weighted by atomic mass is 16.6. The Morgan fingerprint density at radius 2 is 2.17 bits per heavy atom. The summed E-state index contributed by atoms with van der Waals surface area (Å²) in [4.78, 5) is 22.3. The van der Waals surface area contributed by atoms with Crippen LogP contribution >= 0.6 is 0 Å². The second kappa shape index (κ2) is 4.62. The second-order valence-corrected chi connectivity index (χ2v) is 3.53. The number of rotatable bonds is 3. The van der Waals surface area contributed by atoms with Crippen molar-refractivity contribution in [3.63, 3.8) is 0 Å². The van der Waals surface area contributed by atoms with Gasteiger partial charge in [-0.15, -0.1) is 9.91 Å². The summed E-state index contributed by atoms with van der Waals surface area (Å²) >= 11 is 0. The van der Waals surface area contributed by atoms with Crippen molar-refractivity contribution in [1.29, 1.82) is 0 Å².